The van der Waals surface area contributed by atoms with Crippen LogP contribution in [0.25, 0.3) is 10.6 Å². The molecule has 0 spiro atoms. The molecule has 1 aromatic heterocycles. The first-order chi connectivity index (χ1) is 10.6. The van der Waals surface area contributed by atoms with E-state index in [-0.39, 0.29) is 11.9 Å². The van der Waals surface area contributed by atoms with E-state index in [1.807, 2.05) is 45.2 Å². The van der Waals surface area contributed by atoms with E-state index in [9.17, 15) is 4.79 Å². The minimum Gasteiger partial charge on any atom is -0.494 e. The molecule has 0 fully saturated rings. The van der Waals surface area contributed by atoms with Gasteiger partial charge < -0.3 is 15.4 Å². The smallest absolute Gasteiger partial charge is 0.270 e. The number of benzene rings is 1. The monoisotopic (exact) mass is 319 g/mol. The van der Waals surface area contributed by atoms with Crippen LogP contribution in [0.2, 0.25) is 0 Å². The van der Waals surface area contributed by atoms with Crippen molar-refractivity contribution in [3.8, 4) is 16.3 Å². The summed E-state index contributed by atoms with van der Waals surface area (Å²) in [6, 6.07) is 7.96. The van der Waals surface area contributed by atoms with E-state index < -0.39 is 0 Å². The van der Waals surface area contributed by atoms with Crippen LogP contribution in [0.3, 0.4) is 0 Å². The van der Waals surface area contributed by atoms with E-state index in [4.69, 9.17) is 4.74 Å². The fourth-order valence-electron chi connectivity index (χ4n) is 1.81. The van der Waals surface area contributed by atoms with Crippen LogP contribution in [0.5, 0.6) is 5.75 Å². The van der Waals surface area contributed by atoms with Gasteiger partial charge in [0.05, 0.1) is 6.61 Å². The third kappa shape index (κ3) is 4.29. The predicted molar refractivity (Wildman–Crippen MR) is 89.6 cm³/mol. The molecule has 0 saturated carbocycles. The number of nitrogens with zero attached hydrogens (tertiary/aromatic N) is 1. The number of thiazole rings is 1. The molecule has 6 heteroatoms. The SMILES string of the molecule is CCOc1ccc(-c2nc(C(=O)NCC(C)NC)cs2)cc1. The lowest BCUT2D eigenvalue weighted by molar-refractivity contribution is 0.0946. The van der Waals surface area contributed by atoms with E-state index in [1.165, 1.54) is 11.3 Å². The average molecular weight is 319 g/mol. The number of amides is 1. The summed E-state index contributed by atoms with van der Waals surface area (Å²) in [5, 5.41) is 8.55. The molecule has 0 aliphatic heterocycles. The van der Waals surface area contributed by atoms with E-state index in [2.05, 4.69) is 15.6 Å². The highest BCUT2D eigenvalue weighted by Gasteiger charge is 2.12. The fraction of sp³-hybridized carbons (Fsp3) is 0.375. The first kappa shape index (κ1) is 16.5. The van der Waals surface area contributed by atoms with Crippen LogP contribution in [0.1, 0.15) is 24.3 Å². The van der Waals surface area contributed by atoms with Crippen LogP contribution in [0.4, 0.5) is 0 Å². The molecule has 2 N–H and O–H groups in total. The van der Waals surface area contributed by atoms with E-state index in [0.717, 1.165) is 16.3 Å². The summed E-state index contributed by atoms with van der Waals surface area (Å²) in [6.07, 6.45) is 0. The zero-order valence-corrected chi connectivity index (χ0v) is 13.9. The molecule has 22 heavy (non-hydrogen) atoms. The molecule has 1 amide bonds. The summed E-state index contributed by atoms with van der Waals surface area (Å²) in [6.45, 7) is 5.18. The van der Waals surface area contributed by atoms with Gasteiger partial charge in [-0.1, -0.05) is 0 Å². The number of carbonyl (C=O) groups excluding carboxylic acids is 1. The summed E-state index contributed by atoms with van der Waals surface area (Å²) in [4.78, 5) is 16.4. The van der Waals surface area contributed by atoms with Gasteiger partial charge in [0, 0.05) is 23.5 Å². The second-order valence-electron chi connectivity index (χ2n) is 4.90. The van der Waals surface area contributed by atoms with Gasteiger partial charge in [0.1, 0.15) is 16.5 Å². The van der Waals surface area contributed by atoms with Crippen molar-refractivity contribution in [2.24, 2.45) is 0 Å². The molecule has 0 radical (unpaired) electrons. The Morgan fingerprint density at radius 2 is 2.09 bits per heavy atom. The lowest BCUT2D eigenvalue weighted by atomic mass is 10.2. The summed E-state index contributed by atoms with van der Waals surface area (Å²) in [7, 11) is 1.86. The van der Waals surface area contributed by atoms with Gasteiger partial charge in [-0.2, -0.15) is 0 Å². The van der Waals surface area contributed by atoms with Crippen molar-refractivity contribution in [2.75, 3.05) is 20.2 Å². The molecule has 0 bridgehead atoms. The summed E-state index contributed by atoms with van der Waals surface area (Å²) in [5.74, 6) is 0.692. The molecular formula is C16H21N3O2S. The quantitative estimate of drug-likeness (QED) is 0.823. The maximum absolute atomic E-state index is 12.0. The summed E-state index contributed by atoms with van der Waals surface area (Å²) >= 11 is 1.46. The summed E-state index contributed by atoms with van der Waals surface area (Å²) in [5.41, 5.74) is 1.44. The largest absolute Gasteiger partial charge is 0.494 e. The molecule has 1 heterocycles. The van der Waals surface area contributed by atoms with Gasteiger partial charge in [-0.3, -0.25) is 4.79 Å². The molecule has 1 unspecified atom stereocenters. The highest BCUT2D eigenvalue weighted by atomic mass is 32.1. The van der Waals surface area contributed by atoms with Gasteiger partial charge in [-0.05, 0) is 45.2 Å². The van der Waals surface area contributed by atoms with Crippen molar-refractivity contribution in [3.63, 3.8) is 0 Å². The zero-order valence-electron chi connectivity index (χ0n) is 13.1. The maximum atomic E-state index is 12.0. The fourth-order valence-corrected chi connectivity index (χ4v) is 2.62. The standard InChI is InChI=1S/C16H21N3O2S/c1-4-21-13-7-5-12(6-8-13)16-19-14(10-22-16)15(20)18-9-11(2)17-3/h5-8,10-11,17H,4,9H2,1-3H3,(H,18,20). The molecule has 1 aromatic carbocycles. The van der Waals surface area contributed by atoms with Crippen LogP contribution in [-0.4, -0.2) is 37.1 Å². The second-order valence-corrected chi connectivity index (χ2v) is 5.75. The normalized spacial score (nSPS) is 12.0. The molecule has 0 aliphatic rings. The van der Waals surface area contributed by atoms with E-state index in [1.54, 1.807) is 5.38 Å². The van der Waals surface area contributed by atoms with Crippen molar-refractivity contribution < 1.29 is 9.53 Å². The lowest BCUT2D eigenvalue weighted by Crippen LogP contribution is -2.37. The maximum Gasteiger partial charge on any atom is 0.270 e. The van der Waals surface area contributed by atoms with Crippen LogP contribution < -0.4 is 15.4 Å². The molecule has 2 aromatic rings. The first-order valence-electron chi connectivity index (χ1n) is 7.28. The lowest BCUT2D eigenvalue weighted by Gasteiger charge is -2.10. The molecule has 0 aliphatic carbocycles. The van der Waals surface area contributed by atoms with Crippen LogP contribution in [0, 0.1) is 0 Å². The number of aromatic nitrogens is 1. The van der Waals surface area contributed by atoms with Crippen LogP contribution in [-0.2, 0) is 0 Å². The molecular weight excluding hydrogens is 298 g/mol. The summed E-state index contributed by atoms with van der Waals surface area (Å²) < 4.78 is 5.42. The topological polar surface area (TPSA) is 63.2 Å². The number of ether oxygens (including phenoxy) is 1. The highest BCUT2D eigenvalue weighted by molar-refractivity contribution is 7.13. The van der Waals surface area contributed by atoms with Crippen molar-refractivity contribution in [1.29, 1.82) is 0 Å². The Labute approximate surface area is 134 Å². The van der Waals surface area contributed by atoms with Gasteiger partial charge in [0.25, 0.3) is 5.91 Å². The van der Waals surface area contributed by atoms with E-state index >= 15 is 0 Å². The van der Waals surface area contributed by atoms with Crippen molar-refractivity contribution in [1.82, 2.24) is 15.6 Å². The number of rotatable bonds is 7. The second kappa shape index (κ2) is 7.91. The number of hydrogen-bond acceptors (Lipinski definition) is 5. The highest BCUT2D eigenvalue weighted by Crippen LogP contribution is 2.25. The number of carbonyl (C=O) groups is 1. The number of nitrogens with one attached hydrogen (secondary N) is 2. The van der Waals surface area contributed by atoms with Crippen molar-refractivity contribution in [3.05, 3.63) is 35.3 Å². The van der Waals surface area contributed by atoms with Crippen molar-refractivity contribution >= 4 is 17.2 Å². The minimum absolute atomic E-state index is 0.143. The Bertz CT molecular complexity index is 610. The Balaban J connectivity index is 2.02. The average Bonchev–Trinajstić information content (AvgIpc) is 3.03. The van der Waals surface area contributed by atoms with Gasteiger partial charge >= 0.3 is 0 Å². The molecule has 5 nitrogen and oxygen atoms in total. The van der Waals surface area contributed by atoms with Gasteiger partial charge in [0.15, 0.2) is 0 Å². The van der Waals surface area contributed by atoms with Crippen LogP contribution >= 0.6 is 11.3 Å². The predicted octanol–water partition coefficient (Wildman–Crippen LogP) is 2.55. The molecule has 118 valence electrons. The third-order valence-electron chi connectivity index (χ3n) is 3.21. The number of hydrogen-bond donors (Lipinski definition) is 2. The minimum atomic E-state index is -0.143. The molecule has 2 rings (SSSR count). The van der Waals surface area contributed by atoms with Gasteiger partial charge in [-0.15, -0.1) is 11.3 Å². The molecule has 0 saturated heterocycles. The Kier molecular flexibility index (Phi) is 5.91. The van der Waals surface area contributed by atoms with Gasteiger partial charge in [0.2, 0.25) is 0 Å². The molecule has 1 atom stereocenters. The van der Waals surface area contributed by atoms with Gasteiger partial charge in [-0.25, -0.2) is 4.98 Å². The van der Waals surface area contributed by atoms with E-state index in [0.29, 0.717) is 18.8 Å². The number of likely N-dealkylation sites (N-methyl/N-ethyl adjacent to an activating group) is 1. The third-order valence-corrected chi connectivity index (χ3v) is 4.10. The Hall–Kier alpha value is -1.92. The Morgan fingerprint density at radius 1 is 1.36 bits per heavy atom. The Morgan fingerprint density at radius 3 is 2.73 bits per heavy atom. The zero-order chi connectivity index (χ0) is 15.9. The first-order valence-corrected chi connectivity index (χ1v) is 8.16. The van der Waals surface area contributed by atoms with Crippen LogP contribution in [0.15, 0.2) is 29.6 Å². The van der Waals surface area contributed by atoms with Crippen molar-refractivity contribution in [2.45, 2.75) is 19.9 Å².